The fourth-order valence-electron chi connectivity index (χ4n) is 1.58. The van der Waals surface area contributed by atoms with Gasteiger partial charge in [0.1, 0.15) is 6.20 Å². The van der Waals surface area contributed by atoms with Gasteiger partial charge < -0.3 is 0 Å². The molecule has 8 heteroatoms. The van der Waals surface area contributed by atoms with Crippen LogP contribution < -0.4 is 5.56 Å². The van der Waals surface area contributed by atoms with Crippen molar-refractivity contribution in [1.29, 1.82) is 0 Å². The van der Waals surface area contributed by atoms with Crippen LogP contribution in [0.2, 0.25) is 0 Å². The van der Waals surface area contributed by atoms with E-state index in [2.05, 4.69) is 0 Å². The van der Waals surface area contributed by atoms with Gasteiger partial charge in [-0.25, -0.2) is 8.42 Å². The smallest absolute Gasteiger partial charge is 0.268 e. The normalized spacial score (nSPS) is 11.2. The van der Waals surface area contributed by atoms with E-state index in [0.29, 0.717) is 10.2 Å². The molecule has 0 spiro atoms. The van der Waals surface area contributed by atoms with Crippen molar-refractivity contribution in [2.45, 2.75) is 11.8 Å². The zero-order chi connectivity index (χ0) is 14.9. The Morgan fingerprint density at radius 3 is 2.25 bits per heavy atom. The third-order valence-electron chi connectivity index (χ3n) is 2.65. The first-order chi connectivity index (χ1) is 9.32. The van der Waals surface area contributed by atoms with Gasteiger partial charge in [0.15, 0.2) is 0 Å². The quantitative estimate of drug-likeness (QED) is 0.627. The molecule has 7 nitrogen and oxygen atoms in total. The van der Waals surface area contributed by atoms with Crippen LogP contribution >= 0.6 is 0 Å². The lowest BCUT2D eigenvalue weighted by Crippen LogP contribution is -2.26. The van der Waals surface area contributed by atoms with Crippen LogP contribution in [0.15, 0.2) is 52.3 Å². The number of aryl methyl sites for hydroxylation is 1. The van der Waals surface area contributed by atoms with Gasteiger partial charge >= 0.3 is 0 Å². The molecule has 20 heavy (non-hydrogen) atoms. The maximum Gasteiger partial charge on any atom is 0.286 e. The predicted molar refractivity (Wildman–Crippen MR) is 71.1 cm³/mol. The molecular weight excluding hydrogens is 284 g/mol. The van der Waals surface area contributed by atoms with E-state index in [1.807, 2.05) is 0 Å². The highest BCUT2D eigenvalue weighted by molar-refractivity contribution is 7.90. The van der Waals surface area contributed by atoms with Crippen molar-refractivity contribution < 1.29 is 13.3 Å². The third-order valence-corrected chi connectivity index (χ3v) is 4.32. The lowest BCUT2D eigenvalue weighted by atomic mass is 10.2. The zero-order valence-corrected chi connectivity index (χ0v) is 11.2. The first kappa shape index (κ1) is 13.9. The van der Waals surface area contributed by atoms with E-state index in [1.165, 1.54) is 12.1 Å². The molecule has 2 rings (SSSR count). The number of hydrogen-bond acceptors (Lipinski definition) is 5. The van der Waals surface area contributed by atoms with E-state index in [-0.39, 0.29) is 4.90 Å². The van der Waals surface area contributed by atoms with Crippen molar-refractivity contribution in [2.75, 3.05) is 0 Å². The second-order valence-corrected chi connectivity index (χ2v) is 5.91. The number of nitrogens with zero attached hydrogens (tertiary/aromatic N) is 2. The molecule has 0 amide bonds. The van der Waals surface area contributed by atoms with Crippen LogP contribution in [0.4, 0.5) is 5.69 Å². The van der Waals surface area contributed by atoms with Crippen LogP contribution in [-0.4, -0.2) is 17.3 Å². The number of benzene rings is 1. The average molecular weight is 294 g/mol. The largest absolute Gasteiger partial charge is 0.286 e. The molecule has 1 aromatic carbocycles. The monoisotopic (exact) mass is 294 g/mol. The maximum atomic E-state index is 12.3. The van der Waals surface area contributed by atoms with E-state index in [9.17, 15) is 23.3 Å². The minimum atomic E-state index is -4.14. The summed E-state index contributed by atoms with van der Waals surface area (Å²) in [7, 11) is -4.14. The highest BCUT2D eigenvalue weighted by Crippen LogP contribution is 2.15. The summed E-state index contributed by atoms with van der Waals surface area (Å²) < 4.78 is 24.9. The lowest BCUT2D eigenvalue weighted by molar-refractivity contribution is -0.385. The Morgan fingerprint density at radius 2 is 1.70 bits per heavy atom. The Morgan fingerprint density at radius 1 is 1.10 bits per heavy atom. The molecular formula is C12H10N2O5S. The molecule has 2 aromatic rings. The molecule has 0 N–H and O–H groups in total. The summed E-state index contributed by atoms with van der Waals surface area (Å²) in [5.41, 5.74) is -0.466. The molecule has 0 fully saturated rings. The lowest BCUT2D eigenvalue weighted by Gasteiger charge is -2.07. The maximum absolute atomic E-state index is 12.3. The van der Waals surface area contributed by atoms with Crippen LogP contribution in [0.25, 0.3) is 0 Å². The van der Waals surface area contributed by atoms with E-state index in [0.717, 1.165) is 17.7 Å². The third kappa shape index (κ3) is 2.45. The summed E-state index contributed by atoms with van der Waals surface area (Å²) in [5, 5.41) is 10.7. The SMILES string of the molecule is Cc1ccc(S(=O)(=O)n2cc([N+](=O)[O-])ccc2=O)cc1. The first-order valence-electron chi connectivity index (χ1n) is 5.52. The Kier molecular flexibility index (Phi) is 3.41. The van der Waals surface area contributed by atoms with Gasteiger partial charge in [0, 0.05) is 12.1 Å². The standard InChI is InChI=1S/C12H10N2O5S/c1-9-2-5-11(6-3-9)20(18,19)13-8-10(14(16)17)4-7-12(13)15/h2-8H,1H3. The van der Waals surface area contributed by atoms with Crippen LogP contribution in [0.3, 0.4) is 0 Å². The fourth-order valence-corrected chi connectivity index (χ4v) is 2.83. The molecule has 0 aliphatic carbocycles. The molecule has 104 valence electrons. The predicted octanol–water partition coefficient (Wildman–Crippen LogP) is 1.30. The van der Waals surface area contributed by atoms with E-state index in [4.69, 9.17) is 0 Å². The van der Waals surface area contributed by atoms with Crippen molar-refractivity contribution in [3.8, 4) is 0 Å². The van der Waals surface area contributed by atoms with Crippen LogP contribution in [-0.2, 0) is 10.0 Å². The summed E-state index contributed by atoms with van der Waals surface area (Å²) in [6.45, 7) is 1.79. The Labute approximate surface area is 114 Å². The molecule has 0 atom stereocenters. The van der Waals surface area contributed by atoms with Gasteiger partial charge in [0.05, 0.1) is 9.82 Å². The van der Waals surface area contributed by atoms with E-state index < -0.39 is 26.2 Å². The zero-order valence-electron chi connectivity index (χ0n) is 10.4. The topological polar surface area (TPSA) is 99.3 Å². The molecule has 0 radical (unpaired) electrons. The summed E-state index contributed by atoms with van der Waals surface area (Å²) in [6, 6.07) is 7.66. The Bertz CT molecular complexity index is 822. The van der Waals surface area contributed by atoms with E-state index in [1.54, 1.807) is 19.1 Å². The van der Waals surface area contributed by atoms with Crippen molar-refractivity contribution in [2.24, 2.45) is 0 Å². The van der Waals surface area contributed by atoms with Crippen molar-refractivity contribution >= 4 is 15.7 Å². The van der Waals surface area contributed by atoms with Gasteiger partial charge in [-0.15, -0.1) is 0 Å². The highest BCUT2D eigenvalue weighted by Gasteiger charge is 2.20. The molecule has 0 saturated carbocycles. The van der Waals surface area contributed by atoms with E-state index >= 15 is 0 Å². The molecule has 1 heterocycles. The summed E-state index contributed by atoms with van der Waals surface area (Å²) in [5.74, 6) is 0. The molecule has 0 saturated heterocycles. The van der Waals surface area contributed by atoms with Crippen molar-refractivity contribution in [1.82, 2.24) is 3.97 Å². The summed E-state index contributed by atoms with van der Waals surface area (Å²) >= 11 is 0. The Balaban J connectivity index is 2.66. The van der Waals surface area contributed by atoms with Gasteiger partial charge in [-0.2, -0.15) is 3.97 Å². The second-order valence-electron chi connectivity index (χ2n) is 4.10. The minimum absolute atomic E-state index is 0.106. The van der Waals surface area contributed by atoms with Gasteiger partial charge in [-0.1, -0.05) is 17.7 Å². The summed E-state index contributed by atoms with van der Waals surface area (Å²) in [4.78, 5) is 21.4. The van der Waals surface area contributed by atoms with Gasteiger partial charge in [-0.05, 0) is 19.1 Å². The van der Waals surface area contributed by atoms with Crippen LogP contribution in [0.5, 0.6) is 0 Å². The van der Waals surface area contributed by atoms with Crippen LogP contribution in [0.1, 0.15) is 5.56 Å². The second kappa shape index (κ2) is 4.89. The van der Waals surface area contributed by atoms with Crippen LogP contribution in [0, 0.1) is 17.0 Å². The highest BCUT2D eigenvalue weighted by atomic mass is 32.2. The van der Waals surface area contributed by atoms with Gasteiger partial charge in [0.2, 0.25) is 0 Å². The van der Waals surface area contributed by atoms with Gasteiger partial charge in [0.25, 0.3) is 21.3 Å². The summed E-state index contributed by atoms with van der Waals surface area (Å²) in [6.07, 6.45) is 0.706. The Hall–Kier alpha value is -2.48. The molecule has 0 aliphatic heterocycles. The molecule has 0 unspecified atom stereocenters. The minimum Gasteiger partial charge on any atom is -0.268 e. The number of pyridine rings is 1. The first-order valence-corrected chi connectivity index (χ1v) is 6.96. The van der Waals surface area contributed by atoms with Gasteiger partial charge in [-0.3, -0.25) is 14.9 Å². The average Bonchev–Trinajstić information content (AvgIpc) is 2.39. The fraction of sp³-hybridized carbons (Fsp3) is 0.0833. The number of rotatable bonds is 3. The van der Waals surface area contributed by atoms with Crippen molar-refractivity contribution in [3.05, 3.63) is 68.6 Å². The molecule has 1 aromatic heterocycles. The molecule has 0 aliphatic rings. The number of hydrogen-bond donors (Lipinski definition) is 0. The number of nitro groups is 1. The van der Waals surface area contributed by atoms with Crippen molar-refractivity contribution in [3.63, 3.8) is 0 Å². The number of aromatic nitrogens is 1. The molecule has 0 bridgehead atoms.